The Morgan fingerprint density at radius 3 is 2.16 bits per heavy atom. The molecular formula is C14H22BNO2S. The Bertz CT molecular complexity index is 486. The lowest BCUT2D eigenvalue weighted by molar-refractivity contribution is 0.00578. The molecule has 0 amide bonds. The second kappa shape index (κ2) is 4.72. The van der Waals surface area contributed by atoms with Gasteiger partial charge in [0, 0.05) is 11.4 Å². The third-order valence-electron chi connectivity index (χ3n) is 4.24. The quantitative estimate of drug-likeness (QED) is 0.496. The molecule has 0 spiro atoms. The predicted molar refractivity (Wildman–Crippen MR) is 84.0 cm³/mol. The van der Waals surface area contributed by atoms with E-state index in [0.29, 0.717) is 5.75 Å². The summed E-state index contributed by atoms with van der Waals surface area (Å²) in [6.07, 6.45) is 0. The molecule has 0 radical (unpaired) electrons. The van der Waals surface area contributed by atoms with Crippen LogP contribution in [0, 0.1) is 6.92 Å². The van der Waals surface area contributed by atoms with Gasteiger partial charge in [-0.05, 0) is 57.3 Å². The van der Waals surface area contributed by atoms with Gasteiger partial charge in [-0.15, -0.1) is 0 Å². The van der Waals surface area contributed by atoms with Crippen molar-refractivity contribution in [1.82, 2.24) is 0 Å². The van der Waals surface area contributed by atoms with E-state index in [9.17, 15) is 0 Å². The molecule has 1 aliphatic rings. The third kappa shape index (κ3) is 2.51. The van der Waals surface area contributed by atoms with Crippen LogP contribution in [0.3, 0.4) is 0 Å². The van der Waals surface area contributed by atoms with E-state index in [1.807, 2.05) is 40.7 Å². The van der Waals surface area contributed by atoms with Crippen molar-refractivity contribution in [2.24, 2.45) is 0 Å². The zero-order valence-electron chi connectivity index (χ0n) is 12.3. The van der Waals surface area contributed by atoms with Crippen LogP contribution in [0.15, 0.2) is 12.1 Å². The van der Waals surface area contributed by atoms with Gasteiger partial charge in [0.25, 0.3) is 0 Å². The maximum atomic E-state index is 6.08. The zero-order valence-corrected chi connectivity index (χ0v) is 13.2. The summed E-state index contributed by atoms with van der Waals surface area (Å²) in [5.41, 5.74) is 9.24. The molecule has 1 fully saturated rings. The zero-order chi connectivity index (χ0) is 14.4. The summed E-state index contributed by atoms with van der Waals surface area (Å²) >= 11 is 4.31. The summed E-state index contributed by atoms with van der Waals surface area (Å²) in [5.74, 6) is 0.650. The number of anilines is 1. The van der Waals surface area contributed by atoms with Crippen molar-refractivity contribution in [3.63, 3.8) is 0 Å². The van der Waals surface area contributed by atoms with Gasteiger partial charge in [-0.1, -0.05) is 6.07 Å². The fourth-order valence-electron chi connectivity index (χ4n) is 2.13. The second-order valence-corrected chi connectivity index (χ2v) is 6.46. The van der Waals surface area contributed by atoms with E-state index in [0.717, 1.165) is 22.3 Å². The van der Waals surface area contributed by atoms with Crippen molar-refractivity contribution >= 4 is 30.9 Å². The molecule has 0 atom stereocenters. The lowest BCUT2D eigenvalue weighted by atomic mass is 9.75. The van der Waals surface area contributed by atoms with E-state index in [2.05, 4.69) is 18.7 Å². The van der Waals surface area contributed by atoms with E-state index in [1.54, 1.807) is 0 Å². The van der Waals surface area contributed by atoms with Crippen LogP contribution in [-0.4, -0.2) is 18.3 Å². The molecule has 2 N–H and O–H groups in total. The number of nitrogens with two attached hydrogens (primary N) is 1. The first kappa shape index (κ1) is 14.8. The monoisotopic (exact) mass is 279 g/mol. The van der Waals surface area contributed by atoms with E-state index in [-0.39, 0.29) is 18.3 Å². The average molecular weight is 279 g/mol. The summed E-state index contributed by atoms with van der Waals surface area (Å²) in [6, 6.07) is 4.03. The van der Waals surface area contributed by atoms with Gasteiger partial charge in [-0.25, -0.2) is 0 Å². The van der Waals surface area contributed by atoms with Crippen molar-refractivity contribution < 1.29 is 9.31 Å². The van der Waals surface area contributed by atoms with Crippen molar-refractivity contribution in [1.29, 1.82) is 0 Å². The molecule has 1 aromatic carbocycles. The Hall–Kier alpha value is -0.645. The largest absolute Gasteiger partial charge is 0.495 e. The Labute approximate surface area is 121 Å². The molecule has 2 rings (SSSR count). The Morgan fingerprint density at radius 1 is 1.16 bits per heavy atom. The summed E-state index contributed by atoms with van der Waals surface area (Å²) < 4.78 is 12.2. The smallest absolute Gasteiger partial charge is 0.399 e. The lowest BCUT2D eigenvalue weighted by Crippen LogP contribution is -2.41. The highest BCUT2D eigenvalue weighted by molar-refractivity contribution is 7.79. The van der Waals surface area contributed by atoms with Gasteiger partial charge in [0.1, 0.15) is 0 Å². The maximum absolute atomic E-state index is 6.08. The van der Waals surface area contributed by atoms with Crippen LogP contribution in [0.4, 0.5) is 5.69 Å². The summed E-state index contributed by atoms with van der Waals surface area (Å²) in [4.78, 5) is 0. The molecule has 1 aliphatic heterocycles. The molecule has 1 heterocycles. The average Bonchev–Trinajstić information content (AvgIpc) is 2.51. The van der Waals surface area contributed by atoms with Gasteiger partial charge in [0.2, 0.25) is 0 Å². The van der Waals surface area contributed by atoms with Crippen LogP contribution in [-0.2, 0) is 15.1 Å². The van der Waals surface area contributed by atoms with Crippen LogP contribution in [0.1, 0.15) is 38.8 Å². The van der Waals surface area contributed by atoms with Gasteiger partial charge < -0.3 is 15.0 Å². The molecule has 104 valence electrons. The van der Waals surface area contributed by atoms with Crippen LogP contribution in [0.25, 0.3) is 0 Å². The van der Waals surface area contributed by atoms with Gasteiger partial charge in [-0.2, -0.15) is 12.6 Å². The highest BCUT2D eigenvalue weighted by Gasteiger charge is 2.52. The van der Waals surface area contributed by atoms with E-state index >= 15 is 0 Å². The van der Waals surface area contributed by atoms with Gasteiger partial charge in [0.15, 0.2) is 0 Å². The van der Waals surface area contributed by atoms with Crippen molar-refractivity contribution in [3.05, 3.63) is 23.3 Å². The number of nitrogen functional groups attached to an aromatic ring is 1. The molecule has 0 bridgehead atoms. The normalized spacial score (nSPS) is 20.8. The number of benzene rings is 1. The molecule has 5 heteroatoms. The summed E-state index contributed by atoms with van der Waals surface area (Å²) in [5, 5.41) is 0. The van der Waals surface area contributed by atoms with E-state index in [4.69, 9.17) is 15.0 Å². The standard InChI is InChI=1S/C14H22BNO2S/c1-9-11(6-10(8-19)7-12(9)16)15-17-13(2,3)14(4,5)18-15/h6-7,19H,8,16H2,1-5H3. The fraction of sp³-hybridized carbons (Fsp3) is 0.571. The summed E-state index contributed by atoms with van der Waals surface area (Å²) in [7, 11) is -0.368. The van der Waals surface area contributed by atoms with Crippen molar-refractivity contribution in [2.45, 2.75) is 51.6 Å². The Kier molecular flexibility index (Phi) is 3.67. The minimum absolute atomic E-state index is 0.337. The molecule has 1 saturated heterocycles. The van der Waals surface area contributed by atoms with Gasteiger partial charge >= 0.3 is 7.12 Å². The molecular weight excluding hydrogens is 257 g/mol. The highest BCUT2D eigenvalue weighted by atomic mass is 32.1. The van der Waals surface area contributed by atoms with Crippen molar-refractivity contribution in [3.8, 4) is 0 Å². The van der Waals surface area contributed by atoms with Crippen LogP contribution >= 0.6 is 12.6 Å². The third-order valence-corrected chi connectivity index (χ3v) is 4.60. The summed E-state index contributed by atoms with van der Waals surface area (Å²) in [6.45, 7) is 10.2. The molecule has 19 heavy (non-hydrogen) atoms. The molecule has 0 saturated carbocycles. The molecule has 1 aromatic rings. The predicted octanol–water partition coefficient (Wildman–Crippen LogP) is 2.31. The number of hydrogen-bond donors (Lipinski definition) is 2. The molecule has 3 nitrogen and oxygen atoms in total. The number of hydrogen-bond acceptors (Lipinski definition) is 4. The highest BCUT2D eigenvalue weighted by Crippen LogP contribution is 2.37. The first-order valence-electron chi connectivity index (χ1n) is 6.53. The molecule has 0 aromatic heterocycles. The maximum Gasteiger partial charge on any atom is 0.495 e. The minimum Gasteiger partial charge on any atom is -0.399 e. The number of rotatable bonds is 2. The fourth-order valence-corrected chi connectivity index (χ4v) is 2.31. The van der Waals surface area contributed by atoms with Crippen LogP contribution in [0.5, 0.6) is 0 Å². The van der Waals surface area contributed by atoms with Crippen molar-refractivity contribution in [2.75, 3.05) is 5.73 Å². The van der Waals surface area contributed by atoms with E-state index in [1.165, 1.54) is 0 Å². The lowest BCUT2D eigenvalue weighted by Gasteiger charge is -2.32. The number of thiol groups is 1. The molecule has 0 unspecified atom stereocenters. The second-order valence-electron chi connectivity index (χ2n) is 6.15. The van der Waals surface area contributed by atoms with Crippen LogP contribution < -0.4 is 11.2 Å². The first-order valence-corrected chi connectivity index (χ1v) is 7.16. The van der Waals surface area contributed by atoms with Gasteiger partial charge in [-0.3, -0.25) is 0 Å². The Morgan fingerprint density at radius 2 is 1.68 bits per heavy atom. The van der Waals surface area contributed by atoms with Crippen LogP contribution in [0.2, 0.25) is 0 Å². The topological polar surface area (TPSA) is 44.5 Å². The Balaban J connectivity index is 2.42. The molecule has 0 aliphatic carbocycles. The van der Waals surface area contributed by atoms with Gasteiger partial charge in [0.05, 0.1) is 11.2 Å². The first-order chi connectivity index (χ1) is 8.68. The SMILES string of the molecule is Cc1c(N)cc(CS)cc1B1OC(C)(C)C(C)(C)O1. The minimum atomic E-state index is -0.368. The van der Waals surface area contributed by atoms with E-state index < -0.39 is 0 Å².